The number of carbonyl (C=O) groups excluding carboxylic acids is 1. The maximum atomic E-state index is 11.5. The van der Waals surface area contributed by atoms with E-state index in [1.807, 2.05) is 4.90 Å². The third kappa shape index (κ3) is 3.25. The van der Waals surface area contributed by atoms with Crippen LogP contribution in [0.5, 0.6) is 0 Å². The van der Waals surface area contributed by atoms with Gasteiger partial charge < -0.3 is 10.2 Å². The summed E-state index contributed by atoms with van der Waals surface area (Å²) in [6.07, 6.45) is 4.52. The zero-order valence-corrected chi connectivity index (χ0v) is 8.68. The van der Waals surface area contributed by atoms with Crippen LogP contribution in [0.2, 0.25) is 0 Å². The van der Waals surface area contributed by atoms with Gasteiger partial charge in [-0.15, -0.1) is 0 Å². The fraction of sp³-hybridized carbons (Fsp3) is 0.900. The smallest absolute Gasteiger partial charge is 0.317 e. The molecule has 0 radical (unpaired) electrons. The average Bonchev–Trinajstić information content (AvgIpc) is 2.55. The lowest BCUT2D eigenvalue weighted by Crippen LogP contribution is -2.42. The lowest BCUT2D eigenvalue weighted by molar-refractivity contribution is 0.204. The Hall–Kier alpha value is -0.730. The first-order valence-corrected chi connectivity index (χ1v) is 5.29. The minimum atomic E-state index is 0.124. The predicted molar refractivity (Wildman–Crippen MR) is 53.7 cm³/mol. The Morgan fingerprint density at radius 3 is 2.62 bits per heavy atom. The Labute approximate surface area is 80.5 Å². The summed E-state index contributed by atoms with van der Waals surface area (Å²) >= 11 is 0. The van der Waals surface area contributed by atoms with Crippen LogP contribution >= 0.6 is 0 Å². The standard InChI is InChI=1S/C10H20N2O/c1-3-6-9(2)11-10(13)12-7-4-5-8-12/h9H,3-8H2,1-2H3,(H,11,13). The fourth-order valence-electron chi connectivity index (χ4n) is 1.73. The lowest BCUT2D eigenvalue weighted by Gasteiger charge is -2.19. The summed E-state index contributed by atoms with van der Waals surface area (Å²) in [6.45, 7) is 6.07. The molecule has 1 atom stereocenters. The molecule has 1 N–H and O–H groups in total. The van der Waals surface area contributed by atoms with E-state index in [9.17, 15) is 4.79 Å². The van der Waals surface area contributed by atoms with Crippen LogP contribution in [0, 0.1) is 0 Å². The van der Waals surface area contributed by atoms with Crippen molar-refractivity contribution in [1.82, 2.24) is 10.2 Å². The first-order chi connectivity index (χ1) is 6.24. The summed E-state index contributed by atoms with van der Waals surface area (Å²) in [6, 6.07) is 0.441. The third-order valence-electron chi connectivity index (χ3n) is 2.48. The van der Waals surface area contributed by atoms with E-state index in [1.165, 1.54) is 0 Å². The summed E-state index contributed by atoms with van der Waals surface area (Å²) < 4.78 is 0. The van der Waals surface area contributed by atoms with Gasteiger partial charge in [-0.2, -0.15) is 0 Å². The van der Waals surface area contributed by atoms with Gasteiger partial charge in [0.05, 0.1) is 0 Å². The van der Waals surface area contributed by atoms with Crippen molar-refractivity contribution >= 4 is 6.03 Å². The van der Waals surface area contributed by atoms with Gasteiger partial charge in [0, 0.05) is 19.1 Å². The van der Waals surface area contributed by atoms with E-state index in [0.29, 0.717) is 6.04 Å². The van der Waals surface area contributed by atoms with Crippen LogP contribution in [0.1, 0.15) is 39.5 Å². The van der Waals surface area contributed by atoms with Gasteiger partial charge in [-0.1, -0.05) is 13.3 Å². The van der Waals surface area contributed by atoms with Gasteiger partial charge in [-0.25, -0.2) is 4.79 Å². The summed E-state index contributed by atoms with van der Waals surface area (Å²) in [4.78, 5) is 13.5. The zero-order chi connectivity index (χ0) is 9.68. The summed E-state index contributed by atoms with van der Waals surface area (Å²) in [5.41, 5.74) is 0. The Balaban J connectivity index is 2.23. The first kappa shape index (κ1) is 10.4. The van der Waals surface area contributed by atoms with Crippen LogP contribution in [0.3, 0.4) is 0 Å². The third-order valence-corrected chi connectivity index (χ3v) is 2.48. The molecule has 0 spiro atoms. The minimum absolute atomic E-state index is 0.124. The number of nitrogens with zero attached hydrogens (tertiary/aromatic N) is 1. The molecule has 1 rings (SSSR count). The van der Waals surface area contributed by atoms with Crippen molar-refractivity contribution < 1.29 is 4.79 Å². The van der Waals surface area contributed by atoms with Crippen molar-refractivity contribution in [3.8, 4) is 0 Å². The summed E-state index contributed by atoms with van der Waals surface area (Å²) in [7, 11) is 0. The monoisotopic (exact) mass is 184 g/mol. The van der Waals surface area contributed by atoms with E-state index in [2.05, 4.69) is 19.2 Å². The quantitative estimate of drug-likeness (QED) is 0.714. The van der Waals surface area contributed by atoms with Crippen molar-refractivity contribution in [2.75, 3.05) is 13.1 Å². The van der Waals surface area contributed by atoms with Crippen molar-refractivity contribution in [3.05, 3.63) is 0 Å². The molecule has 0 bridgehead atoms. The van der Waals surface area contributed by atoms with E-state index in [1.54, 1.807) is 0 Å². The number of urea groups is 1. The van der Waals surface area contributed by atoms with E-state index in [4.69, 9.17) is 0 Å². The molecule has 0 aliphatic carbocycles. The second-order valence-electron chi connectivity index (χ2n) is 3.83. The Morgan fingerprint density at radius 2 is 2.08 bits per heavy atom. The van der Waals surface area contributed by atoms with Crippen LogP contribution in [0.4, 0.5) is 4.79 Å². The highest BCUT2D eigenvalue weighted by Crippen LogP contribution is 2.07. The minimum Gasteiger partial charge on any atom is -0.336 e. The van der Waals surface area contributed by atoms with E-state index in [0.717, 1.165) is 38.8 Å². The number of rotatable bonds is 3. The molecular weight excluding hydrogens is 164 g/mol. The Morgan fingerprint density at radius 1 is 1.46 bits per heavy atom. The average molecular weight is 184 g/mol. The molecule has 0 aromatic heterocycles. The highest BCUT2D eigenvalue weighted by atomic mass is 16.2. The lowest BCUT2D eigenvalue weighted by atomic mass is 10.2. The number of hydrogen-bond donors (Lipinski definition) is 1. The first-order valence-electron chi connectivity index (χ1n) is 5.29. The summed E-state index contributed by atoms with van der Waals surface area (Å²) in [5.74, 6) is 0. The predicted octanol–water partition coefficient (Wildman–Crippen LogP) is 1.98. The molecule has 1 aliphatic rings. The number of carbonyl (C=O) groups is 1. The van der Waals surface area contributed by atoms with Gasteiger partial charge in [0.2, 0.25) is 0 Å². The number of amides is 2. The van der Waals surface area contributed by atoms with Crippen molar-refractivity contribution in [3.63, 3.8) is 0 Å². The van der Waals surface area contributed by atoms with Crippen LogP contribution in [-0.4, -0.2) is 30.1 Å². The van der Waals surface area contributed by atoms with Crippen LogP contribution < -0.4 is 5.32 Å². The molecule has 76 valence electrons. The molecule has 3 heteroatoms. The maximum Gasteiger partial charge on any atom is 0.317 e. The van der Waals surface area contributed by atoms with Gasteiger partial charge in [0.1, 0.15) is 0 Å². The molecule has 2 amide bonds. The van der Waals surface area contributed by atoms with E-state index >= 15 is 0 Å². The van der Waals surface area contributed by atoms with Gasteiger partial charge in [0.15, 0.2) is 0 Å². The van der Waals surface area contributed by atoms with Crippen molar-refractivity contribution in [1.29, 1.82) is 0 Å². The molecule has 1 heterocycles. The van der Waals surface area contributed by atoms with Crippen molar-refractivity contribution in [2.24, 2.45) is 0 Å². The topological polar surface area (TPSA) is 32.3 Å². The number of likely N-dealkylation sites (tertiary alicyclic amines) is 1. The zero-order valence-electron chi connectivity index (χ0n) is 8.68. The fourth-order valence-corrected chi connectivity index (χ4v) is 1.73. The highest BCUT2D eigenvalue weighted by Gasteiger charge is 2.18. The van der Waals surface area contributed by atoms with Gasteiger partial charge >= 0.3 is 6.03 Å². The van der Waals surface area contributed by atoms with Gasteiger partial charge in [0.25, 0.3) is 0 Å². The second kappa shape index (κ2) is 5.10. The molecule has 3 nitrogen and oxygen atoms in total. The molecule has 1 fully saturated rings. The summed E-state index contributed by atoms with van der Waals surface area (Å²) in [5, 5.41) is 3.01. The van der Waals surface area contributed by atoms with Gasteiger partial charge in [-0.05, 0) is 26.2 Å². The molecule has 1 saturated heterocycles. The van der Waals surface area contributed by atoms with Crippen LogP contribution in [0.15, 0.2) is 0 Å². The molecule has 1 aliphatic heterocycles. The molecule has 13 heavy (non-hydrogen) atoms. The molecule has 1 unspecified atom stereocenters. The molecule has 0 saturated carbocycles. The highest BCUT2D eigenvalue weighted by molar-refractivity contribution is 5.74. The Bertz CT molecular complexity index is 164. The van der Waals surface area contributed by atoms with E-state index in [-0.39, 0.29) is 6.03 Å². The number of hydrogen-bond acceptors (Lipinski definition) is 1. The van der Waals surface area contributed by atoms with Crippen LogP contribution in [-0.2, 0) is 0 Å². The normalized spacial score (nSPS) is 18.8. The molecule has 0 aromatic carbocycles. The van der Waals surface area contributed by atoms with Crippen molar-refractivity contribution in [2.45, 2.75) is 45.6 Å². The Kier molecular flexibility index (Phi) is 4.06. The van der Waals surface area contributed by atoms with Gasteiger partial charge in [-0.3, -0.25) is 0 Å². The molecular formula is C10H20N2O. The SMILES string of the molecule is CCCC(C)NC(=O)N1CCCC1. The number of nitrogens with one attached hydrogen (secondary N) is 1. The van der Waals surface area contributed by atoms with Crippen LogP contribution in [0.25, 0.3) is 0 Å². The van der Waals surface area contributed by atoms with E-state index < -0.39 is 0 Å². The maximum absolute atomic E-state index is 11.5. The molecule has 0 aromatic rings. The second-order valence-corrected chi connectivity index (χ2v) is 3.83. The largest absolute Gasteiger partial charge is 0.336 e.